The molecule has 0 heterocycles. The molecule has 0 aliphatic heterocycles. The van der Waals surface area contributed by atoms with Crippen LogP contribution in [0.4, 0.5) is 13.2 Å². The van der Waals surface area contributed by atoms with Crippen molar-refractivity contribution >= 4 is 17.5 Å². The maximum atomic E-state index is 13.4. The Bertz CT molecular complexity index is 1220. The van der Waals surface area contributed by atoms with E-state index in [1.54, 1.807) is 19.1 Å². The van der Waals surface area contributed by atoms with Gasteiger partial charge in [0, 0.05) is 22.8 Å². The predicted molar refractivity (Wildman–Crippen MR) is 152 cm³/mol. The maximum absolute atomic E-state index is 13.4. The van der Waals surface area contributed by atoms with Gasteiger partial charge in [-0.15, -0.1) is 0 Å². The van der Waals surface area contributed by atoms with E-state index in [-0.39, 0.29) is 41.3 Å². The molecule has 0 radical (unpaired) electrons. The third-order valence-electron chi connectivity index (χ3n) is 11.5. The van der Waals surface area contributed by atoms with Gasteiger partial charge in [0.15, 0.2) is 11.6 Å². The number of carbonyl (C=O) groups is 3. The van der Waals surface area contributed by atoms with Crippen LogP contribution < -0.4 is 5.32 Å². The Kier molecular flexibility index (Phi) is 8.38. The van der Waals surface area contributed by atoms with E-state index in [4.69, 9.17) is 0 Å². The van der Waals surface area contributed by atoms with Crippen LogP contribution in [-0.2, 0) is 14.4 Å². The molecule has 41 heavy (non-hydrogen) atoms. The lowest BCUT2D eigenvalue weighted by atomic mass is 9.40. The summed E-state index contributed by atoms with van der Waals surface area (Å²) < 4.78 is 40.1. The molecule has 228 valence electrons. The van der Waals surface area contributed by atoms with Crippen LogP contribution in [0.25, 0.3) is 0 Å². The van der Waals surface area contributed by atoms with Crippen molar-refractivity contribution in [3.8, 4) is 6.07 Å². The summed E-state index contributed by atoms with van der Waals surface area (Å²) in [7, 11) is 0. The summed E-state index contributed by atoms with van der Waals surface area (Å²) in [6.07, 6.45) is 2.74. The molecular formula is C33H47F3N2O3. The lowest BCUT2D eigenvalue weighted by molar-refractivity contribution is -0.176. The van der Waals surface area contributed by atoms with E-state index in [1.807, 2.05) is 34.6 Å². The Hall–Kier alpha value is -2.43. The van der Waals surface area contributed by atoms with Crippen LogP contribution in [0, 0.1) is 44.3 Å². The highest BCUT2D eigenvalue weighted by atomic mass is 19.4. The van der Waals surface area contributed by atoms with Gasteiger partial charge in [-0.3, -0.25) is 14.4 Å². The molecule has 5 nitrogen and oxygen atoms in total. The highest BCUT2D eigenvalue weighted by Gasteiger charge is 2.63. The molecule has 1 fully saturated rings. The molecule has 3 aliphatic rings. The van der Waals surface area contributed by atoms with Gasteiger partial charge in [-0.05, 0) is 73.7 Å². The molecular weight excluding hydrogens is 529 g/mol. The number of allylic oxidation sites excluding steroid dienone is 4. The first-order valence-electron chi connectivity index (χ1n) is 14.8. The number of rotatable bonds is 8. The molecule has 8 heteroatoms. The number of Topliss-reactive ketones (excluding diaryl/α,β-unsaturated/α-hetero) is 1. The van der Waals surface area contributed by atoms with Crippen LogP contribution in [-0.4, -0.2) is 29.2 Å². The number of amides is 1. The number of fused-ring (bicyclic) bond motifs is 3. The molecule has 0 aromatic heterocycles. The van der Waals surface area contributed by atoms with Gasteiger partial charge in [0.2, 0.25) is 0 Å². The van der Waals surface area contributed by atoms with Crippen LogP contribution >= 0.6 is 0 Å². The number of alkyl halides is 3. The van der Waals surface area contributed by atoms with E-state index in [0.29, 0.717) is 25.7 Å². The fourth-order valence-corrected chi connectivity index (χ4v) is 7.93. The summed E-state index contributed by atoms with van der Waals surface area (Å²) in [5.74, 6) is -2.27. The number of nitriles is 1. The lowest BCUT2D eigenvalue weighted by Crippen LogP contribution is -2.58. The number of hydrogen-bond donors (Lipinski definition) is 1. The maximum Gasteiger partial charge on any atom is 0.471 e. The van der Waals surface area contributed by atoms with E-state index in [9.17, 15) is 32.8 Å². The number of nitrogens with one attached hydrogen (secondary N) is 1. The Morgan fingerprint density at radius 2 is 1.68 bits per heavy atom. The molecule has 5 atom stereocenters. The zero-order chi connectivity index (χ0) is 31.4. The Balaban J connectivity index is 2.02. The van der Waals surface area contributed by atoms with E-state index in [0.717, 1.165) is 18.4 Å². The molecule has 0 saturated heterocycles. The zero-order valence-electron chi connectivity index (χ0n) is 26.2. The number of carbonyl (C=O) groups excluding carboxylic acids is 3. The quantitative estimate of drug-likeness (QED) is 0.319. The summed E-state index contributed by atoms with van der Waals surface area (Å²) in [6.45, 7) is 17.8. The van der Waals surface area contributed by atoms with Crippen molar-refractivity contribution < 1.29 is 27.6 Å². The predicted octanol–water partition coefficient (Wildman–Crippen LogP) is 7.81. The molecule has 0 bridgehead atoms. The Labute approximate surface area is 243 Å². The average molecular weight is 577 g/mol. The van der Waals surface area contributed by atoms with E-state index < -0.39 is 39.3 Å². The minimum Gasteiger partial charge on any atom is -0.343 e. The standard InChI is InChI=1S/C33H47F3N2O3/c1-10-27(2,3)13-15-30(7,38-26(41)33(34,35)36)16-14-29(6)19-22(39)17-24-31(8)18-21(20-37)25(40)28(4,5)23(31)11-12-32(24,29)9/h17-18,23H,10-16,19H2,1-9H3,(H,38,41)/t23-,29+,30-,31-,32+/m0/s1. The first-order chi connectivity index (χ1) is 18.5. The van der Waals surface area contributed by atoms with Crippen LogP contribution in [0.3, 0.4) is 0 Å². The van der Waals surface area contributed by atoms with Crippen molar-refractivity contribution in [1.29, 1.82) is 5.26 Å². The average Bonchev–Trinajstić information content (AvgIpc) is 2.85. The van der Waals surface area contributed by atoms with Crippen molar-refractivity contribution in [3.05, 3.63) is 23.3 Å². The summed E-state index contributed by atoms with van der Waals surface area (Å²) in [5, 5.41) is 12.1. The second-order valence-corrected chi connectivity index (χ2v) is 15.2. The minimum absolute atomic E-state index is 0.0587. The second-order valence-electron chi connectivity index (χ2n) is 15.2. The highest BCUT2D eigenvalue weighted by molar-refractivity contribution is 6.04. The van der Waals surface area contributed by atoms with Crippen molar-refractivity contribution in [2.24, 2.45) is 33.0 Å². The Morgan fingerprint density at radius 1 is 1.07 bits per heavy atom. The normalized spacial score (nSPS) is 33.0. The van der Waals surface area contributed by atoms with Gasteiger partial charge in [0.05, 0.1) is 5.57 Å². The molecule has 3 aliphatic carbocycles. The topological polar surface area (TPSA) is 87.0 Å². The second kappa shape index (κ2) is 10.4. The van der Waals surface area contributed by atoms with Crippen molar-refractivity contribution in [3.63, 3.8) is 0 Å². The lowest BCUT2D eigenvalue weighted by Gasteiger charge is -2.63. The smallest absolute Gasteiger partial charge is 0.343 e. The summed E-state index contributed by atoms with van der Waals surface area (Å²) in [6, 6.07) is 2.08. The van der Waals surface area contributed by atoms with Gasteiger partial charge in [-0.2, -0.15) is 18.4 Å². The monoisotopic (exact) mass is 576 g/mol. The molecule has 1 saturated carbocycles. The number of halogens is 3. The third kappa shape index (κ3) is 5.79. The zero-order valence-corrected chi connectivity index (χ0v) is 26.2. The molecule has 0 spiro atoms. The van der Waals surface area contributed by atoms with E-state index in [1.165, 1.54) is 0 Å². The van der Waals surface area contributed by atoms with Gasteiger partial charge in [0.1, 0.15) is 6.07 Å². The first kappa shape index (κ1) is 33.1. The minimum atomic E-state index is -4.99. The highest BCUT2D eigenvalue weighted by Crippen LogP contribution is 2.69. The van der Waals surface area contributed by atoms with Crippen molar-refractivity contribution in [1.82, 2.24) is 5.32 Å². The third-order valence-corrected chi connectivity index (χ3v) is 11.5. The first-order valence-corrected chi connectivity index (χ1v) is 14.8. The summed E-state index contributed by atoms with van der Waals surface area (Å²) in [5.41, 5.74) is -2.75. The fourth-order valence-electron chi connectivity index (χ4n) is 7.93. The van der Waals surface area contributed by atoms with Gasteiger partial charge >= 0.3 is 12.1 Å². The SMILES string of the molecule is CCC(C)(C)CC[C@@](C)(CC[C@]1(C)CC(=O)C=C2[C@@]3(C)C=C(C#N)C(=O)C(C)(C)[C@@H]3CC[C@]21C)NC(=O)C(F)(F)F. The van der Waals surface area contributed by atoms with Crippen LogP contribution in [0.2, 0.25) is 0 Å². The van der Waals surface area contributed by atoms with Crippen LogP contribution in [0.15, 0.2) is 23.3 Å². The summed E-state index contributed by atoms with van der Waals surface area (Å²) >= 11 is 0. The molecule has 0 aromatic rings. The number of nitrogens with zero attached hydrogens (tertiary/aromatic N) is 1. The number of hydrogen-bond acceptors (Lipinski definition) is 4. The molecule has 0 unspecified atom stereocenters. The van der Waals surface area contributed by atoms with Crippen LogP contribution in [0.1, 0.15) is 114 Å². The molecule has 3 rings (SSSR count). The molecule has 0 aromatic carbocycles. The molecule has 1 amide bonds. The number of ketones is 2. The van der Waals surface area contributed by atoms with Crippen molar-refractivity contribution in [2.75, 3.05) is 0 Å². The van der Waals surface area contributed by atoms with Gasteiger partial charge in [0.25, 0.3) is 0 Å². The van der Waals surface area contributed by atoms with E-state index in [2.05, 4.69) is 32.2 Å². The Morgan fingerprint density at radius 3 is 2.22 bits per heavy atom. The van der Waals surface area contributed by atoms with Gasteiger partial charge in [-0.25, -0.2) is 0 Å². The largest absolute Gasteiger partial charge is 0.471 e. The fraction of sp³-hybridized carbons (Fsp3) is 0.758. The van der Waals surface area contributed by atoms with Gasteiger partial charge in [-0.1, -0.05) is 73.5 Å². The summed E-state index contributed by atoms with van der Waals surface area (Å²) in [4.78, 5) is 38.6. The van der Waals surface area contributed by atoms with E-state index >= 15 is 0 Å². The molecule has 1 N–H and O–H groups in total. The van der Waals surface area contributed by atoms with Gasteiger partial charge < -0.3 is 5.32 Å². The van der Waals surface area contributed by atoms with Crippen LogP contribution in [0.5, 0.6) is 0 Å². The van der Waals surface area contributed by atoms with Crippen molar-refractivity contribution in [2.45, 2.75) is 125 Å².